The normalized spacial score (nSPS) is 12.0. The Balaban J connectivity index is 2.57. The van der Waals surface area contributed by atoms with Gasteiger partial charge in [0.15, 0.2) is 0 Å². The van der Waals surface area contributed by atoms with Gasteiger partial charge in [0, 0.05) is 12.1 Å². The van der Waals surface area contributed by atoms with E-state index in [1.807, 2.05) is 32.0 Å². The van der Waals surface area contributed by atoms with Gasteiger partial charge in [-0.05, 0) is 49.9 Å². The number of carbonyl (C=O) groups excluding carboxylic acids is 1. The predicted molar refractivity (Wildman–Crippen MR) is 88.0 cm³/mol. The number of hydrogen-bond donors (Lipinski definition) is 1. The molecule has 0 saturated carbocycles. The Morgan fingerprint density at radius 1 is 1.29 bits per heavy atom. The highest BCUT2D eigenvalue weighted by Gasteiger charge is 2.11. The van der Waals surface area contributed by atoms with E-state index in [0.717, 1.165) is 24.3 Å². The largest absolute Gasteiger partial charge is 0.494 e. The van der Waals surface area contributed by atoms with Crippen molar-refractivity contribution in [3.05, 3.63) is 29.3 Å². The minimum Gasteiger partial charge on any atom is -0.494 e. The topological polar surface area (TPSA) is 38.3 Å². The number of amides is 1. The quantitative estimate of drug-likeness (QED) is 0.735. The molecule has 0 aromatic heterocycles. The molecule has 1 aromatic rings. The third-order valence-electron chi connectivity index (χ3n) is 3.83. The lowest BCUT2D eigenvalue weighted by molar-refractivity contribution is 0.0945. The second kappa shape index (κ2) is 9.43. The molecule has 0 aliphatic carbocycles. The molecule has 0 spiro atoms. The molecule has 1 amide bonds. The van der Waals surface area contributed by atoms with Gasteiger partial charge in [0.2, 0.25) is 0 Å². The van der Waals surface area contributed by atoms with Crippen molar-refractivity contribution in [2.45, 2.75) is 53.4 Å². The molecular formula is C18H29NO2. The van der Waals surface area contributed by atoms with Crippen LogP contribution in [0, 0.1) is 12.8 Å². The van der Waals surface area contributed by atoms with Crippen LogP contribution in [0.1, 0.15) is 62.4 Å². The molecule has 0 radical (unpaired) electrons. The van der Waals surface area contributed by atoms with Gasteiger partial charge in [-0.3, -0.25) is 4.79 Å². The number of ether oxygens (including phenoxy) is 1. The van der Waals surface area contributed by atoms with Crippen LogP contribution in [0.15, 0.2) is 18.2 Å². The predicted octanol–water partition coefficient (Wildman–Crippen LogP) is 4.34. The Kier molecular flexibility index (Phi) is 7.88. The lowest BCUT2D eigenvalue weighted by Crippen LogP contribution is -2.29. The van der Waals surface area contributed by atoms with Gasteiger partial charge in [0.25, 0.3) is 5.91 Å². The first-order chi connectivity index (χ1) is 10.1. The molecule has 0 fully saturated rings. The van der Waals surface area contributed by atoms with Gasteiger partial charge >= 0.3 is 0 Å². The molecular weight excluding hydrogens is 262 g/mol. The Hall–Kier alpha value is -1.51. The van der Waals surface area contributed by atoms with Gasteiger partial charge in [0.05, 0.1) is 6.61 Å². The maximum atomic E-state index is 12.2. The first kappa shape index (κ1) is 17.5. The van der Waals surface area contributed by atoms with Gasteiger partial charge in [-0.1, -0.05) is 33.1 Å². The van der Waals surface area contributed by atoms with Crippen LogP contribution < -0.4 is 10.1 Å². The molecule has 1 atom stereocenters. The van der Waals surface area contributed by atoms with Crippen LogP contribution in [0.25, 0.3) is 0 Å². The van der Waals surface area contributed by atoms with Crippen LogP contribution in [0.2, 0.25) is 0 Å². The summed E-state index contributed by atoms with van der Waals surface area (Å²) in [6, 6.07) is 5.61. The van der Waals surface area contributed by atoms with Crippen LogP contribution in [0.4, 0.5) is 0 Å². The zero-order valence-electron chi connectivity index (χ0n) is 13.9. The highest BCUT2D eigenvalue weighted by molar-refractivity contribution is 5.94. The Bertz CT molecular complexity index is 443. The molecule has 3 heteroatoms. The van der Waals surface area contributed by atoms with Crippen molar-refractivity contribution in [3.8, 4) is 5.75 Å². The zero-order valence-corrected chi connectivity index (χ0v) is 13.9. The molecule has 0 bridgehead atoms. The van der Waals surface area contributed by atoms with Gasteiger partial charge in [-0.15, -0.1) is 0 Å². The minimum atomic E-state index is 0.0103. The van der Waals surface area contributed by atoms with E-state index in [1.165, 1.54) is 19.3 Å². The van der Waals surface area contributed by atoms with Crippen molar-refractivity contribution in [1.29, 1.82) is 0 Å². The lowest BCUT2D eigenvalue weighted by atomic mass is 9.99. The summed E-state index contributed by atoms with van der Waals surface area (Å²) in [6.07, 6.45) is 4.75. The molecule has 1 aromatic carbocycles. The van der Waals surface area contributed by atoms with E-state index in [0.29, 0.717) is 18.1 Å². The molecule has 1 rings (SSSR count). The van der Waals surface area contributed by atoms with E-state index in [4.69, 9.17) is 4.74 Å². The third-order valence-corrected chi connectivity index (χ3v) is 3.83. The molecule has 0 unspecified atom stereocenters. The van der Waals surface area contributed by atoms with E-state index in [9.17, 15) is 4.79 Å². The van der Waals surface area contributed by atoms with E-state index < -0.39 is 0 Å². The highest BCUT2D eigenvalue weighted by atomic mass is 16.5. The zero-order chi connectivity index (χ0) is 15.7. The average Bonchev–Trinajstić information content (AvgIpc) is 2.49. The third kappa shape index (κ3) is 5.78. The Morgan fingerprint density at radius 2 is 2.05 bits per heavy atom. The summed E-state index contributed by atoms with van der Waals surface area (Å²) in [6.45, 7) is 9.73. The van der Waals surface area contributed by atoms with Gasteiger partial charge in [-0.25, -0.2) is 0 Å². The fourth-order valence-electron chi connectivity index (χ4n) is 2.39. The summed E-state index contributed by atoms with van der Waals surface area (Å²) in [5, 5.41) is 3.06. The SMILES string of the molecule is CCCC[C@H](CC)CNC(=O)c1ccc(OCC)c(C)c1. The van der Waals surface area contributed by atoms with Gasteiger partial charge in [-0.2, -0.15) is 0 Å². The van der Waals surface area contributed by atoms with Crippen LogP contribution in [-0.2, 0) is 0 Å². The molecule has 0 saturated heterocycles. The molecule has 0 heterocycles. The van der Waals surface area contributed by atoms with Crippen molar-refractivity contribution in [2.75, 3.05) is 13.2 Å². The summed E-state index contributed by atoms with van der Waals surface area (Å²) in [5.41, 5.74) is 1.71. The Labute approximate surface area is 129 Å². The highest BCUT2D eigenvalue weighted by Crippen LogP contribution is 2.19. The van der Waals surface area contributed by atoms with Crippen LogP contribution in [0.3, 0.4) is 0 Å². The van der Waals surface area contributed by atoms with Gasteiger partial charge in [0.1, 0.15) is 5.75 Å². The second-order valence-corrected chi connectivity index (χ2v) is 5.54. The maximum Gasteiger partial charge on any atom is 0.251 e. The number of carbonyl (C=O) groups is 1. The summed E-state index contributed by atoms with van der Waals surface area (Å²) < 4.78 is 5.50. The molecule has 3 nitrogen and oxygen atoms in total. The monoisotopic (exact) mass is 291 g/mol. The second-order valence-electron chi connectivity index (χ2n) is 5.54. The smallest absolute Gasteiger partial charge is 0.251 e. The molecule has 21 heavy (non-hydrogen) atoms. The lowest BCUT2D eigenvalue weighted by Gasteiger charge is -2.15. The van der Waals surface area contributed by atoms with Crippen molar-refractivity contribution in [3.63, 3.8) is 0 Å². The van der Waals surface area contributed by atoms with Crippen molar-refractivity contribution in [1.82, 2.24) is 5.32 Å². The Morgan fingerprint density at radius 3 is 2.62 bits per heavy atom. The molecule has 0 aliphatic rings. The molecule has 1 N–H and O–H groups in total. The van der Waals surface area contributed by atoms with Crippen molar-refractivity contribution >= 4 is 5.91 Å². The summed E-state index contributed by atoms with van der Waals surface area (Å²) >= 11 is 0. The number of benzene rings is 1. The van der Waals surface area contributed by atoms with E-state index in [-0.39, 0.29) is 5.91 Å². The van der Waals surface area contributed by atoms with Gasteiger partial charge < -0.3 is 10.1 Å². The summed E-state index contributed by atoms with van der Waals surface area (Å²) in [7, 11) is 0. The standard InChI is InChI=1S/C18H29NO2/c1-5-8-9-15(6-2)13-19-18(20)16-10-11-17(21-7-3)14(4)12-16/h10-12,15H,5-9,13H2,1-4H3,(H,19,20)/t15-/m0/s1. The summed E-state index contributed by atoms with van der Waals surface area (Å²) in [5.74, 6) is 1.44. The van der Waals surface area contributed by atoms with Crippen molar-refractivity contribution < 1.29 is 9.53 Å². The molecule has 118 valence electrons. The number of hydrogen-bond acceptors (Lipinski definition) is 2. The average molecular weight is 291 g/mol. The fourth-order valence-corrected chi connectivity index (χ4v) is 2.39. The fraction of sp³-hybridized carbons (Fsp3) is 0.611. The minimum absolute atomic E-state index is 0.0103. The summed E-state index contributed by atoms with van der Waals surface area (Å²) in [4.78, 5) is 12.2. The van der Waals surface area contributed by atoms with E-state index in [1.54, 1.807) is 0 Å². The van der Waals surface area contributed by atoms with Crippen molar-refractivity contribution in [2.24, 2.45) is 5.92 Å². The van der Waals surface area contributed by atoms with Crippen LogP contribution in [-0.4, -0.2) is 19.1 Å². The maximum absolute atomic E-state index is 12.2. The van der Waals surface area contributed by atoms with Crippen LogP contribution in [0.5, 0.6) is 5.75 Å². The first-order valence-electron chi connectivity index (χ1n) is 8.13. The number of rotatable bonds is 9. The number of nitrogens with one attached hydrogen (secondary N) is 1. The van der Waals surface area contributed by atoms with E-state index >= 15 is 0 Å². The van der Waals surface area contributed by atoms with E-state index in [2.05, 4.69) is 19.2 Å². The number of aryl methyl sites for hydroxylation is 1. The first-order valence-corrected chi connectivity index (χ1v) is 8.13. The molecule has 0 aliphatic heterocycles. The van der Waals surface area contributed by atoms with Crippen LogP contribution >= 0.6 is 0 Å². The number of unbranched alkanes of at least 4 members (excludes halogenated alkanes) is 1.